The summed E-state index contributed by atoms with van der Waals surface area (Å²) in [4.78, 5) is 26.4. The number of halogens is 1. The standard InChI is InChI=1S/C31H33FN2O4/c1-4-5-24(20-6-8-22(9-7-20)31(37)33-15-14-28(35)36)29(21-10-12-23(38-3)13-11-21)26-18-34-30-25(26)16-19(2)17-27(30)32/h6-13,16-18,24,29,34H,4-5,14-15H2,1-3H3,(H,33,37)(H,35,36). The SMILES string of the molecule is CCCC(c1ccc(C(=O)NCCC(=O)O)cc1)C(c1ccc(OC)cc1)c1c[nH]c2c(F)cc(C)cc12. The van der Waals surface area contributed by atoms with Gasteiger partial charge in [-0.2, -0.15) is 0 Å². The number of ether oxygens (including phenoxy) is 1. The third-order valence-electron chi connectivity index (χ3n) is 6.96. The maximum Gasteiger partial charge on any atom is 0.305 e. The van der Waals surface area contributed by atoms with E-state index in [0.717, 1.165) is 46.2 Å². The van der Waals surface area contributed by atoms with Gasteiger partial charge >= 0.3 is 5.97 Å². The second-order valence-corrected chi connectivity index (χ2v) is 9.58. The van der Waals surface area contributed by atoms with Crippen molar-refractivity contribution in [2.75, 3.05) is 13.7 Å². The number of rotatable bonds is 11. The zero-order valence-electron chi connectivity index (χ0n) is 21.9. The molecule has 7 heteroatoms. The third kappa shape index (κ3) is 5.88. The van der Waals surface area contributed by atoms with Gasteiger partial charge in [0.25, 0.3) is 5.91 Å². The highest BCUT2D eigenvalue weighted by molar-refractivity contribution is 5.94. The van der Waals surface area contributed by atoms with E-state index in [1.54, 1.807) is 19.2 Å². The van der Waals surface area contributed by atoms with Crippen LogP contribution < -0.4 is 10.1 Å². The number of aromatic amines is 1. The highest BCUT2D eigenvalue weighted by Gasteiger charge is 2.29. The van der Waals surface area contributed by atoms with Crippen LogP contribution in [-0.4, -0.2) is 35.6 Å². The summed E-state index contributed by atoms with van der Waals surface area (Å²) >= 11 is 0. The molecule has 0 saturated heterocycles. The number of fused-ring (bicyclic) bond motifs is 1. The Balaban J connectivity index is 1.76. The zero-order chi connectivity index (χ0) is 27.2. The number of aromatic nitrogens is 1. The molecule has 2 atom stereocenters. The van der Waals surface area contributed by atoms with Gasteiger partial charge in [-0.05, 0) is 77.9 Å². The lowest BCUT2D eigenvalue weighted by Crippen LogP contribution is -2.26. The molecular weight excluding hydrogens is 483 g/mol. The van der Waals surface area contributed by atoms with E-state index in [1.165, 1.54) is 6.07 Å². The fourth-order valence-electron chi connectivity index (χ4n) is 5.14. The molecule has 38 heavy (non-hydrogen) atoms. The average Bonchev–Trinajstić information content (AvgIpc) is 3.32. The highest BCUT2D eigenvalue weighted by Crippen LogP contribution is 2.44. The summed E-state index contributed by atoms with van der Waals surface area (Å²) in [6.45, 7) is 4.11. The number of nitrogens with one attached hydrogen (secondary N) is 2. The summed E-state index contributed by atoms with van der Waals surface area (Å²) in [6.07, 6.45) is 3.60. The molecule has 1 amide bonds. The maximum atomic E-state index is 14.8. The van der Waals surface area contributed by atoms with Crippen LogP contribution in [0, 0.1) is 12.7 Å². The van der Waals surface area contributed by atoms with Crippen LogP contribution in [0.1, 0.15) is 70.6 Å². The van der Waals surface area contributed by atoms with Crippen LogP contribution in [0.25, 0.3) is 10.9 Å². The van der Waals surface area contributed by atoms with Crippen LogP contribution in [0.15, 0.2) is 66.9 Å². The van der Waals surface area contributed by atoms with Crippen LogP contribution in [0.4, 0.5) is 4.39 Å². The number of carboxylic acids is 1. The predicted molar refractivity (Wildman–Crippen MR) is 147 cm³/mol. The van der Waals surface area contributed by atoms with Gasteiger partial charge in [-0.3, -0.25) is 9.59 Å². The van der Waals surface area contributed by atoms with Gasteiger partial charge < -0.3 is 20.1 Å². The molecular formula is C31H33FN2O4. The number of hydrogen-bond acceptors (Lipinski definition) is 3. The number of aryl methyl sites for hydroxylation is 1. The molecule has 3 N–H and O–H groups in total. The first-order valence-corrected chi connectivity index (χ1v) is 12.8. The Hall–Kier alpha value is -4.13. The van der Waals surface area contributed by atoms with Crippen molar-refractivity contribution in [1.82, 2.24) is 10.3 Å². The van der Waals surface area contributed by atoms with Crippen LogP contribution in [-0.2, 0) is 4.79 Å². The fourth-order valence-corrected chi connectivity index (χ4v) is 5.14. The van der Waals surface area contributed by atoms with E-state index in [4.69, 9.17) is 9.84 Å². The minimum Gasteiger partial charge on any atom is -0.497 e. The van der Waals surface area contributed by atoms with Gasteiger partial charge in [0.15, 0.2) is 0 Å². The van der Waals surface area contributed by atoms with Crippen LogP contribution in [0.5, 0.6) is 5.75 Å². The maximum absolute atomic E-state index is 14.8. The minimum absolute atomic E-state index is 0.0556. The van der Waals surface area contributed by atoms with E-state index in [-0.39, 0.29) is 36.5 Å². The van der Waals surface area contributed by atoms with Crippen molar-refractivity contribution in [3.63, 3.8) is 0 Å². The second kappa shape index (κ2) is 11.9. The number of carbonyl (C=O) groups is 2. The molecule has 2 unspecified atom stereocenters. The van der Waals surface area contributed by atoms with Gasteiger partial charge in [0.2, 0.25) is 0 Å². The number of H-pyrrole nitrogens is 1. The Morgan fingerprint density at radius 2 is 1.74 bits per heavy atom. The normalized spacial score (nSPS) is 12.7. The summed E-state index contributed by atoms with van der Waals surface area (Å²) in [7, 11) is 1.64. The summed E-state index contributed by atoms with van der Waals surface area (Å²) < 4.78 is 20.2. The van der Waals surface area contributed by atoms with Crippen molar-refractivity contribution >= 4 is 22.8 Å². The molecule has 0 radical (unpaired) electrons. The number of hydrogen-bond donors (Lipinski definition) is 3. The van der Waals surface area contributed by atoms with Gasteiger partial charge in [0.1, 0.15) is 11.6 Å². The molecule has 1 heterocycles. The van der Waals surface area contributed by atoms with E-state index in [9.17, 15) is 14.0 Å². The van der Waals surface area contributed by atoms with Crippen molar-refractivity contribution in [3.8, 4) is 5.75 Å². The highest BCUT2D eigenvalue weighted by atomic mass is 19.1. The Kier molecular flexibility index (Phi) is 8.46. The predicted octanol–water partition coefficient (Wildman–Crippen LogP) is 6.54. The van der Waals surface area contributed by atoms with Crippen molar-refractivity contribution in [1.29, 1.82) is 0 Å². The lowest BCUT2D eigenvalue weighted by Gasteiger charge is -2.28. The molecule has 0 aliphatic carbocycles. The number of benzene rings is 3. The quantitative estimate of drug-likeness (QED) is 0.211. The van der Waals surface area contributed by atoms with E-state index in [2.05, 4.69) is 29.4 Å². The Morgan fingerprint density at radius 3 is 2.37 bits per heavy atom. The van der Waals surface area contributed by atoms with Crippen LogP contribution in [0.3, 0.4) is 0 Å². The summed E-state index contributed by atoms with van der Waals surface area (Å²) in [5, 5.41) is 12.3. The number of carboxylic acid groups (broad SMARTS) is 1. The first kappa shape index (κ1) is 26.9. The number of amides is 1. The van der Waals surface area contributed by atoms with E-state index in [1.807, 2.05) is 43.5 Å². The molecule has 0 aliphatic rings. The van der Waals surface area contributed by atoms with Crippen LogP contribution >= 0.6 is 0 Å². The van der Waals surface area contributed by atoms with Crippen molar-refractivity contribution in [2.24, 2.45) is 0 Å². The Bertz CT molecular complexity index is 1410. The third-order valence-corrected chi connectivity index (χ3v) is 6.96. The number of methoxy groups -OCH3 is 1. The monoisotopic (exact) mass is 516 g/mol. The number of aliphatic carboxylic acids is 1. The van der Waals surface area contributed by atoms with Crippen molar-refractivity contribution in [2.45, 2.75) is 44.9 Å². The van der Waals surface area contributed by atoms with E-state index >= 15 is 0 Å². The molecule has 0 aliphatic heterocycles. The second-order valence-electron chi connectivity index (χ2n) is 9.58. The lowest BCUT2D eigenvalue weighted by molar-refractivity contribution is -0.136. The van der Waals surface area contributed by atoms with Crippen LogP contribution in [0.2, 0.25) is 0 Å². The average molecular weight is 517 g/mol. The van der Waals surface area contributed by atoms with E-state index < -0.39 is 5.97 Å². The molecule has 0 bridgehead atoms. The fraction of sp³-hybridized carbons (Fsp3) is 0.290. The van der Waals surface area contributed by atoms with Gasteiger partial charge in [-0.1, -0.05) is 37.6 Å². The van der Waals surface area contributed by atoms with Crippen molar-refractivity contribution in [3.05, 3.63) is 100 Å². The lowest BCUT2D eigenvalue weighted by atomic mass is 9.75. The zero-order valence-corrected chi connectivity index (χ0v) is 21.9. The summed E-state index contributed by atoms with van der Waals surface area (Å²) in [5.74, 6) is -0.797. The first-order chi connectivity index (χ1) is 18.3. The van der Waals surface area contributed by atoms with Gasteiger partial charge in [-0.15, -0.1) is 0 Å². The first-order valence-electron chi connectivity index (χ1n) is 12.8. The minimum atomic E-state index is -0.958. The Labute approximate surface area is 221 Å². The topological polar surface area (TPSA) is 91.4 Å². The molecule has 198 valence electrons. The molecule has 0 spiro atoms. The molecule has 4 rings (SSSR count). The number of carbonyl (C=O) groups excluding carboxylic acids is 1. The molecule has 6 nitrogen and oxygen atoms in total. The van der Waals surface area contributed by atoms with Gasteiger partial charge in [0.05, 0.1) is 19.0 Å². The molecule has 3 aromatic carbocycles. The smallest absolute Gasteiger partial charge is 0.305 e. The largest absolute Gasteiger partial charge is 0.497 e. The molecule has 0 saturated carbocycles. The molecule has 0 fully saturated rings. The van der Waals surface area contributed by atoms with Gasteiger partial charge in [0, 0.05) is 29.6 Å². The molecule has 1 aromatic heterocycles. The van der Waals surface area contributed by atoms with Crippen molar-refractivity contribution < 1.29 is 23.8 Å². The summed E-state index contributed by atoms with van der Waals surface area (Å²) in [6, 6.07) is 19.0. The van der Waals surface area contributed by atoms with E-state index in [0.29, 0.717) is 11.1 Å². The summed E-state index contributed by atoms with van der Waals surface area (Å²) in [5.41, 5.74) is 4.99. The molecule has 4 aromatic rings. The van der Waals surface area contributed by atoms with Gasteiger partial charge in [-0.25, -0.2) is 4.39 Å². The Morgan fingerprint density at radius 1 is 1.05 bits per heavy atom.